The fourth-order valence-corrected chi connectivity index (χ4v) is 5.60. The van der Waals surface area contributed by atoms with Crippen molar-refractivity contribution in [2.45, 2.75) is 39.3 Å². The molecule has 37 heavy (non-hydrogen) atoms. The van der Waals surface area contributed by atoms with Crippen LogP contribution in [0.25, 0.3) is 11.1 Å². The Morgan fingerprint density at radius 1 is 1.19 bits per heavy atom. The minimum absolute atomic E-state index is 0.0462. The molecule has 0 atom stereocenters. The topological polar surface area (TPSA) is 100 Å². The number of nitrogens with zero attached hydrogens (tertiary/aromatic N) is 4. The zero-order valence-corrected chi connectivity index (χ0v) is 21.7. The molecule has 4 heterocycles. The number of rotatable bonds is 5. The van der Waals surface area contributed by atoms with Gasteiger partial charge in [0.1, 0.15) is 23.6 Å². The highest BCUT2D eigenvalue weighted by atomic mass is 32.1. The highest BCUT2D eigenvalue weighted by molar-refractivity contribution is 7.14. The molecule has 0 aliphatic carbocycles. The van der Waals surface area contributed by atoms with Crippen LogP contribution < -0.4 is 15.8 Å². The first-order valence-corrected chi connectivity index (χ1v) is 12.5. The summed E-state index contributed by atoms with van der Waals surface area (Å²) in [4.78, 5) is 37.2. The summed E-state index contributed by atoms with van der Waals surface area (Å²) in [6.07, 6.45) is 4.53. The number of pyridine rings is 1. The Hall–Kier alpha value is -3.89. The van der Waals surface area contributed by atoms with Crippen LogP contribution in [0.3, 0.4) is 0 Å². The summed E-state index contributed by atoms with van der Waals surface area (Å²) in [5.74, 6) is -0.445. The molecule has 3 aromatic heterocycles. The number of hydrogen-bond acceptors (Lipinski definition) is 7. The number of aromatic nitrogens is 3. The van der Waals surface area contributed by atoms with E-state index in [4.69, 9.17) is 0 Å². The van der Waals surface area contributed by atoms with Gasteiger partial charge in [0.25, 0.3) is 11.5 Å². The monoisotopic (exact) mass is 519 g/mol. The van der Waals surface area contributed by atoms with Gasteiger partial charge >= 0.3 is 0 Å². The van der Waals surface area contributed by atoms with E-state index in [9.17, 15) is 14.7 Å². The van der Waals surface area contributed by atoms with E-state index < -0.39 is 12.4 Å². The quantitative estimate of drug-likeness (QED) is 0.395. The van der Waals surface area contributed by atoms with Gasteiger partial charge in [0.15, 0.2) is 0 Å². The second kappa shape index (κ2) is 9.20. The van der Waals surface area contributed by atoms with Crippen LogP contribution in [0, 0.1) is 5.82 Å². The van der Waals surface area contributed by atoms with E-state index in [1.807, 2.05) is 6.07 Å². The van der Waals surface area contributed by atoms with Gasteiger partial charge in [-0.3, -0.25) is 14.5 Å². The van der Waals surface area contributed by atoms with Crippen LogP contribution in [-0.2, 0) is 25.6 Å². The molecule has 8 nitrogen and oxygen atoms in total. The molecular formula is C27H26FN5O3S. The average molecular weight is 520 g/mol. The predicted octanol–water partition coefficient (Wildman–Crippen LogP) is 4.74. The van der Waals surface area contributed by atoms with Crippen LogP contribution in [-0.4, -0.2) is 25.5 Å². The van der Waals surface area contributed by atoms with Crippen molar-refractivity contribution in [1.29, 1.82) is 0 Å². The summed E-state index contributed by atoms with van der Waals surface area (Å²) in [5, 5.41) is 13.4. The average Bonchev–Trinajstić information content (AvgIpc) is 3.42. The Balaban J connectivity index is 1.58. The lowest BCUT2D eigenvalue weighted by Gasteiger charge is -2.23. The van der Waals surface area contributed by atoms with E-state index in [-0.39, 0.29) is 40.4 Å². The number of nitrogens with one attached hydrogen (secondary N) is 1. The third-order valence-corrected chi connectivity index (χ3v) is 7.91. The fraction of sp³-hybridized carbons (Fsp3) is 0.259. The molecule has 0 radical (unpaired) electrons. The molecule has 1 aromatic carbocycles. The van der Waals surface area contributed by atoms with E-state index in [1.54, 1.807) is 37.6 Å². The maximum Gasteiger partial charge on any atom is 0.274 e. The zero-order valence-electron chi connectivity index (χ0n) is 20.9. The number of carbonyl (C=O) groups excluding carboxylic acids is 1. The molecule has 5 rings (SSSR count). The SMILES string of the molecule is Cn1cc(-c2ccc(F)c(N3Cc4cc(C(C)(C)C)sc4C3=O)c2CO)cc(Nc2ccncn2)c1=O. The Labute approximate surface area is 217 Å². The molecule has 0 spiro atoms. The van der Waals surface area contributed by atoms with Crippen LogP contribution in [0.5, 0.6) is 0 Å². The Morgan fingerprint density at radius 2 is 1.97 bits per heavy atom. The van der Waals surface area contributed by atoms with E-state index in [0.717, 1.165) is 10.4 Å². The summed E-state index contributed by atoms with van der Waals surface area (Å²) in [5.41, 5.74) is 2.12. The van der Waals surface area contributed by atoms with E-state index in [1.165, 1.54) is 33.2 Å². The van der Waals surface area contributed by atoms with Gasteiger partial charge in [-0.05, 0) is 40.8 Å². The molecule has 0 fully saturated rings. The molecule has 4 aromatic rings. The first-order chi connectivity index (χ1) is 17.6. The van der Waals surface area contributed by atoms with Gasteiger partial charge in [0.05, 0.1) is 23.7 Å². The number of halogens is 1. The second-order valence-corrected chi connectivity index (χ2v) is 11.0. The standard InChI is InChI=1S/C27H26FN5O3S/c1-27(2,3)21-10-16-12-33(26(36)24(16)37-21)23-18(13-34)17(5-6-19(23)28)15-9-20(25(35)32(4)11-15)31-22-7-8-29-14-30-22/h5-11,14,34H,12-13H2,1-4H3,(H,29,30,31). The number of aliphatic hydroxyl groups is 1. The number of aliphatic hydroxyl groups excluding tert-OH is 1. The summed E-state index contributed by atoms with van der Waals surface area (Å²) >= 11 is 1.43. The van der Waals surface area contributed by atoms with Gasteiger partial charge in [-0.2, -0.15) is 0 Å². The Bertz CT molecular complexity index is 1570. The maximum absolute atomic E-state index is 15.3. The summed E-state index contributed by atoms with van der Waals surface area (Å²) < 4.78 is 16.7. The number of amides is 1. The summed E-state index contributed by atoms with van der Waals surface area (Å²) in [6.45, 7) is 5.99. The van der Waals surface area contributed by atoms with Gasteiger partial charge in [-0.15, -0.1) is 11.3 Å². The lowest BCUT2D eigenvalue weighted by molar-refractivity contribution is 0.0998. The molecule has 1 aliphatic heterocycles. The van der Waals surface area contributed by atoms with Crippen molar-refractivity contribution < 1.29 is 14.3 Å². The largest absolute Gasteiger partial charge is 0.392 e. The molecule has 190 valence electrons. The number of carbonyl (C=O) groups is 1. The van der Waals surface area contributed by atoms with Gasteiger partial charge in [-0.25, -0.2) is 14.4 Å². The van der Waals surface area contributed by atoms with Crippen LogP contribution in [0.1, 0.15) is 46.4 Å². The number of aryl methyl sites for hydroxylation is 1. The van der Waals surface area contributed by atoms with Gasteiger partial charge < -0.3 is 15.0 Å². The smallest absolute Gasteiger partial charge is 0.274 e. The minimum atomic E-state index is -0.600. The lowest BCUT2D eigenvalue weighted by Crippen LogP contribution is -2.26. The molecular weight excluding hydrogens is 493 g/mol. The first-order valence-electron chi connectivity index (χ1n) is 11.7. The number of hydrogen-bond donors (Lipinski definition) is 2. The highest BCUT2D eigenvalue weighted by Gasteiger charge is 2.36. The summed E-state index contributed by atoms with van der Waals surface area (Å²) in [6, 6.07) is 8.10. The van der Waals surface area contributed by atoms with Crippen molar-refractivity contribution in [3.63, 3.8) is 0 Å². The third-order valence-electron chi connectivity index (χ3n) is 6.32. The molecule has 0 bridgehead atoms. The third kappa shape index (κ3) is 4.42. The van der Waals surface area contributed by atoms with E-state index in [2.05, 4.69) is 36.1 Å². The molecule has 0 unspecified atom stereocenters. The molecule has 0 saturated heterocycles. The van der Waals surface area contributed by atoms with E-state index >= 15 is 4.39 Å². The first kappa shape index (κ1) is 24.8. The Kier molecular flexibility index (Phi) is 6.17. The maximum atomic E-state index is 15.3. The lowest BCUT2D eigenvalue weighted by atomic mass is 9.94. The second-order valence-electron chi connectivity index (χ2n) is 9.96. The van der Waals surface area contributed by atoms with Crippen molar-refractivity contribution in [1.82, 2.24) is 14.5 Å². The van der Waals surface area contributed by atoms with Gasteiger partial charge in [0, 0.05) is 35.4 Å². The molecule has 1 aliphatic rings. The number of benzene rings is 1. The van der Waals surface area contributed by atoms with Crippen molar-refractivity contribution in [2.75, 3.05) is 10.2 Å². The van der Waals surface area contributed by atoms with Crippen molar-refractivity contribution in [3.05, 3.63) is 86.1 Å². The van der Waals surface area contributed by atoms with Crippen molar-refractivity contribution >= 4 is 34.4 Å². The number of fused-ring (bicyclic) bond motifs is 1. The van der Waals surface area contributed by atoms with Crippen molar-refractivity contribution in [3.8, 4) is 11.1 Å². The highest BCUT2D eigenvalue weighted by Crippen LogP contribution is 2.42. The molecule has 1 amide bonds. The molecule has 2 N–H and O–H groups in total. The van der Waals surface area contributed by atoms with Gasteiger partial charge in [0.2, 0.25) is 0 Å². The van der Waals surface area contributed by atoms with Crippen LogP contribution in [0.15, 0.2) is 53.8 Å². The van der Waals surface area contributed by atoms with Crippen LogP contribution >= 0.6 is 11.3 Å². The molecule has 10 heteroatoms. The number of thiophene rings is 1. The van der Waals surface area contributed by atoms with Crippen molar-refractivity contribution in [2.24, 2.45) is 7.05 Å². The predicted molar refractivity (Wildman–Crippen MR) is 142 cm³/mol. The summed E-state index contributed by atoms with van der Waals surface area (Å²) in [7, 11) is 1.61. The van der Waals surface area contributed by atoms with E-state index in [0.29, 0.717) is 21.8 Å². The van der Waals surface area contributed by atoms with Crippen LogP contribution in [0.2, 0.25) is 0 Å². The molecule has 0 saturated carbocycles. The number of anilines is 3. The normalized spacial score (nSPS) is 13.2. The minimum Gasteiger partial charge on any atom is -0.392 e. The van der Waals surface area contributed by atoms with Crippen LogP contribution in [0.4, 0.5) is 21.6 Å². The Morgan fingerprint density at radius 3 is 2.62 bits per heavy atom. The fourth-order valence-electron chi connectivity index (χ4n) is 4.42. The zero-order chi connectivity index (χ0) is 26.5. The van der Waals surface area contributed by atoms with Gasteiger partial charge in [-0.1, -0.05) is 26.8 Å².